The predicted molar refractivity (Wildman–Crippen MR) is 98.1 cm³/mol. The van der Waals surface area contributed by atoms with E-state index < -0.39 is 0 Å². The molecule has 5 nitrogen and oxygen atoms in total. The highest BCUT2D eigenvalue weighted by molar-refractivity contribution is 5.85. The molecule has 0 radical (unpaired) electrons. The molecule has 3 N–H and O–H groups in total. The normalized spacial score (nSPS) is 20.0. The van der Waals surface area contributed by atoms with Gasteiger partial charge in [-0.05, 0) is 42.9 Å². The number of methoxy groups -OCH3 is 2. The Morgan fingerprint density at radius 3 is 2.58 bits per heavy atom. The summed E-state index contributed by atoms with van der Waals surface area (Å²) in [7, 11) is 3.24. The fourth-order valence-electron chi connectivity index (χ4n) is 3.18. The lowest BCUT2D eigenvalue weighted by Gasteiger charge is -2.27. The number of nitrogens with one attached hydrogen (secondary N) is 1. The summed E-state index contributed by atoms with van der Waals surface area (Å²) in [5, 5.41) is 3.00. The summed E-state index contributed by atoms with van der Waals surface area (Å²) in [6.07, 6.45) is 5.82. The lowest BCUT2D eigenvalue weighted by Crippen LogP contribution is -2.37. The molecule has 1 fully saturated rings. The summed E-state index contributed by atoms with van der Waals surface area (Å²) in [4.78, 5) is 12.1. The summed E-state index contributed by atoms with van der Waals surface area (Å²) in [6, 6.07) is 6.00. The molecule has 0 saturated heterocycles. The number of rotatable bonds is 7. The summed E-state index contributed by atoms with van der Waals surface area (Å²) >= 11 is 0. The van der Waals surface area contributed by atoms with Gasteiger partial charge in [0, 0.05) is 19.0 Å². The number of carbonyl (C=O) groups excluding carboxylic acids is 1. The maximum atomic E-state index is 12.1. The van der Waals surface area contributed by atoms with E-state index in [2.05, 4.69) is 5.32 Å². The fraction of sp³-hybridized carbons (Fsp3) is 0.611. The van der Waals surface area contributed by atoms with Crippen molar-refractivity contribution in [2.24, 2.45) is 11.7 Å². The van der Waals surface area contributed by atoms with Gasteiger partial charge in [-0.1, -0.05) is 18.9 Å². The minimum Gasteiger partial charge on any atom is -0.493 e. The SMILES string of the molecule is COc1ccc(CCNC(=O)CC2CCCCC2N)cc1OC.Cl. The number of hydrogen-bond acceptors (Lipinski definition) is 4. The van der Waals surface area contributed by atoms with Crippen molar-refractivity contribution in [1.29, 1.82) is 0 Å². The van der Waals surface area contributed by atoms with Gasteiger partial charge < -0.3 is 20.5 Å². The molecule has 1 aromatic rings. The van der Waals surface area contributed by atoms with Crippen molar-refractivity contribution in [3.63, 3.8) is 0 Å². The zero-order valence-electron chi connectivity index (χ0n) is 14.5. The Morgan fingerprint density at radius 2 is 1.92 bits per heavy atom. The minimum atomic E-state index is 0. The molecule has 2 atom stereocenters. The van der Waals surface area contributed by atoms with Crippen LogP contribution in [0.4, 0.5) is 0 Å². The second-order valence-corrected chi connectivity index (χ2v) is 6.20. The molecule has 1 saturated carbocycles. The average Bonchev–Trinajstić information content (AvgIpc) is 2.56. The van der Waals surface area contributed by atoms with Gasteiger partial charge in [-0.25, -0.2) is 0 Å². The van der Waals surface area contributed by atoms with E-state index in [1.54, 1.807) is 14.2 Å². The van der Waals surface area contributed by atoms with E-state index >= 15 is 0 Å². The van der Waals surface area contributed by atoms with Crippen LogP contribution in [-0.4, -0.2) is 32.7 Å². The van der Waals surface area contributed by atoms with Crippen molar-refractivity contribution in [3.05, 3.63) is 23.8 Å². The van der Waals surface area contributed by atoms with Crippen LogP contribution in [0.25, 0.3) is 0 Å². The Morgan fingerprint density at radius 1 is 1.21 bits per heavy atom. The van der Waals surface area contributed by atoms with Crippen molar-refractivity contribution in [1.82, 2.24) is 5.32 Å². The average molecular weight is 357 g/mol. The Balaban J connectivity index is 0.00000288. The molecule has 0 aliphatic heterocycles. The van der Waals surface area contributed by atoms with E-state index in [9.17, 15) is 4.79 Å². The Labute approximate surface area is 150 Å². The minimum absolute atomic E-state index is 0. The molecule has 1 aliphatic carbocycles. The van der Waals surface area contributed by atoms with E-state index in [1.165, 1.54) is 12.8 Å². The number of benzene rings is 1. The predicted octanol–water partition coefficient (Wildman–Crippen LogP) is 2.69. The van der Waals surface area contributed by atoms with Gasteiger partial charge in [0.25, 0.3) is 0 Å². The van der Waals surface area contributed by atoms with E-state index in [-0.39, 0.29) is 24.4 Å². The fourth-order valence-corrected chi connectivity index (χ4v) is 3.18. The van der Waals surface area contributed by atoms with Crippen molar-refractivity contribution in [3.8, 4) is 11.5 Å². The van der Waals surface area contributed by atoms with E-state index in [1.807, 2.05) is 18.2 Å². The van der Waals surface area contributed by atoms with Crippen LogP contribution in [0.2, 0.25) is 0 Å². The molecule has 0 aromatic heterocycles. The number of halogens is 1. The van der Waals surface area contributed by atoms with Crippen LogP contribution in [0, 0.1) is 5.92 Å². The molecule has 0 heterocycles. The van der Waals surface area contributed by atoms with Crippen LogP contribution in [0.5, 0.6) is 11.5 Å². The van der Waals surface area contributed by atoms with Gasteiger partial charge in [0.05, 0.1) is 14.2 Å². The van der Waals surface area contributed by atoms with Gasteiger partial charge in [-0.15, -0.1) is 12.4 Å². The number of hydrogen-bond donors (Lipinski definition) is 2. The first-order valence-electron chi connectivity index (χ1n) is 8.37. The molecule has 1 amide bonds. The third-order valence-electron chi connectivity index (χ3n) is 4.60. The Kier molecular flexibility index (Phi) is 8.93. The first-order chi connectivity index (χ1) is 11.1. The maximum Gasteiger partial charge on any atom is 0.220 e. The molecule has 136 valence electrons. The van der Waals surface area contributed by atoms with Crippen LogP contribution in [-0.2, 0) is 11.2 Å². The van der Waals surface area contributed by atoms with Gasteiger partial charge in [-0.3, -0.25) is 4.79 Å². The molecule has 6 heteroatoms. The second kappa shape index (κ2) is 10.4. The Hall–Kier alpha value is -1.46. The highest BCUT2D eigenvalue weighted by Crippen LogP contribution is 2.28. The van der Waals surface area contributed by atoms with Crippen molar-refractivity contribution in [2.75, 3.05) is 20.8 Å². The van der Waals surface area contributed by atoms with Crippen LogP contribution >= 0.6 is 12.4 Å². The largest absolute Gasteiger partial charge is 0.493 e. The van der Waals surface area contributed by atoms with E-state index in [0.29, 0.717) is 30.4 Å². The van der Waals surface area contributed by atoms with Gasteiger partial charge in [-0.2, -0.15) is 0 Å². The molecule has 24 heavy (non-hydrogen) atoms. The van der Waals surface area contributed by atoms with Crippen LogP contribution in [0.3, 0.4) is 0 Å². The Bertz CT molecular complexity index is 525. The zero-order valence-corrected chi connectivity index (χ0v) is 15.4. The molecule has 0 bridgehead atoms. The summed E-state index contributed by atoms with van der Waals surface area (Å²) in [5.41, 5.74) is 7.21. The number of ether oxygens (including phenoxy) is 2. The monoisotopic (exact) mass is 356 g/mol. The molecule has 1 aromatic carbocycles. The van der Waals surface area contributed by atoms with E-state index in [0.717, 1.165) is 24.8 Å². The summed E-state index contributed by atoms with van der Waals surface area (Å²) in [6.45, 7) is 0.621. The van der Waals surface area contributed by atoms with Gasteiger partial charge in [0.1, 0.15) is 0 Å². The number of carbonyl (C=O) groups is 1. The quantitative estimate of drug-likeness (QED) is 0.787. The third kappa shape index (κ3) is 5.87. The van der Waals surface area contributed by atoms with Crippen molar-refractivity contribution >= 4 is 18.3 Å². The molecule has 2 rings (SSSR count). The highest BCUT2D eigenvalue weighted by Gasteiger charge is 2.23. The topological polar surface area (TPSA) is 73.6 Å². The van der Waals surface area contributed by atoms with Crippen molar-refractivity contribution in [2.45, 2.75) is 44.6 Å². The van der Waals surface area contributed by atoms with Gasteiger partial charge in [0.2, 0.25) is 5.91 Å². The molecule has 0 spiro atoms. The first-order valence-corrected chi connectivity index (χ1v) is 8.37. The lowest BCUT2D eigenvalue weighted by molar-refractivity contribution is -0.122. The van der Waals surface area contributed by atoms with Crippen LogP contribution in [0.15, 0.2) is 18.2 Å². The molecule has 2 unspecified atom stereocenters. The van der Waals surface area contributed by atoms with Gasteiger partial charge >= 0.3 is 0 Å². The third-order valence-corrected chi connectivity index (χ3v) is 4.60. The van der Waals surface area contributed by atoms with Crippen molar-refractivity contribution < 1.29 is 14.3 Å². The molecular formula is C18H29ClN2O3. The smallest absolute Gasteiger partial charge is 0.220 e. The first kappa shape index (κ1) is 20.6. The number of nitrogens with two attached hydrogens (primary N) is 1. The number of amides is 1. The van der Waals surface area contributed by atoms with Crippen LogP contribution in [0.1, 0.15) is 37.7 Å². The summed E-state index contributed by atoms with van der Waals surface area (Å²) < 4.78 is 10.5. The van der Waals surface area contributed by atoms with E-state index in [4.69, 9.17) is 15.2 Å². The second-order valence-electron chi connectivity index (χ2n) is 6.20. The lowest BCUT2D eigenvalue weighted by atomic mass is 9.83. The standard InChI is InChI=1S/C18H28N2O3.ClH/c1-22-16-8-7-13(11-17(16)23-2)9-10-20-18(21)12-14-5-3-4-6-15(14)19;/h7-8,11,14-15H,3-6,9-10,12,19H2,1-2H3,(H,20,21);1H. The summed E-state index contributed by atoms with van der Waals surface area (Å²) in [5.74, 6) is 1.87. The molecule has 1 aliphatic rings. The maximum absolute atomic E-state index is 12.1. The highest BCUT2D eigenvalue weighted by atomic mass is 35.5. The molecular weight excluding hydrogens is 328 g/mol. The zero-order chi connectivity index (χ0) is 16.7. The van der Waals surface area contributed by atoms with Gasteiger partial charge in [0.15, 0.2) is 11.5 Å². The van der Waals surface area contributed by atoms with Crippen LogP contribution < -0.4 is 20.5 Å².